The number of H-pyrrole nitrogens is 1. The molecule has 0 bridgehead atoms. The van der Waals surface area contributed by atoms with Crippen molar-refractivity contribution in [1.29, 1.82) is 0 Å². The largest absolute Gasteiger partial charge is 0.394 e. The maximum atomic E-state index is 14.3. The third-order valence-electron chi connectivity index (χ3n) is 8.78. The Balaban J connectivity index is 0.000000188. The van der Waals surface area contributed by atoms with Gasteiger partial charge in [0.2, 0.25) is 0 Å². The Bertz CT molecular complexity index is 2980. The summed E-state index contributed by atoms with van der Waals surface area (Å²) >= 11 is 0. The predicted molar refractivity (Wildman–Crippen MR) is 215 cm³/mol. The standard InChI is InChI=1S/C21H15F2N9O2.C17H13F2N7O.ClH/c22-12-3-1-2-11(18(12)23)10-32-17(13-5-7-34-31-13)8-15(30-32)20-25-9-16(19(24)28-20)27-21(33)14-4-6-26-29-14;18-10-3-1-2-9(15(10)19)8-26-14(12-4-5-27-25-12)6-13(24-26)17-22-7-11(20)16(21)23-17;/h1-9H,10H2,(H,26,29)(H,27,33)(H2,24,25,28);1-7H,8,20H2,(H2,21,22,23);1H. The molecule has 0 unspecified atom stereocenters. The third kappa shape index (κ3) is 8.76. The monoisotopic (exact) mass is 868 g/mol. The van der Waals surface area contributed by atoms with Crippen molar-refractivity contribution in [3.8, 4) is 45.8 Å². The molecule has 9 aromatic rings. The number of carbonyl (C=O) groups excluding carboxylic acids is 1. The van der Waals surface area contributed by atoms with E-state index in [4.69, 9.17) is 26.2 Å². The van der Waals surface area contributed by atoms with Gasteiger partial charge < -0.3 is 31.6 Å². The van der Waals surface area contributed by atoms with Crippen molar-refractivity contribution in [2.45, 2.75) is 13.1 Å². The van der Waals surface area contributed by atoms with Gasteiger partial charge in [0.1, 0.15) is 46.7 Å². The van der Waals surface area contributed by atoms with E-state index in [-0.39, 0.29) is 77.0 Å². The number of aromatic amines is 1. The number of amides is 1. The molecule has 2 aromatic carbocycles. The number of rotatable bonds is 10. The highest BCUT2D eigenvalue weighted by molar-refractivity contribution is 6.04. The van der Waals surface area contributed by atoms with E-state index in [0.717, 1.165) is 12.1 Å². The molecule has 0 saturated heterocycles. The van der Waals surface area contributed by atoms with Gasteiger partial charge in [0, 0.05) is 29.5 Å². The summed E-state index contributed by atoms with van der Waals surface area (Å²) in [6.45, 7) is -0.115. The van der Waals surface area contributed by atoms with Crippen LogP contribution in [0, 0.1) is 23.3 Å². The van der Waals surface area contributed by atoms with Gasteiger partial charge in [-0.15, -0.1) is 12.4 Å². The Morgan fingerprint density at radius 1 is 0.694 bits per heavy atom. The van der Waals surface area contributed by atoms with Crippen LogP contribution in [0.25, 0.3) is 45.8 Å². The number of hydrogen-bond acceptors (Lipinski definition) is 15. The van der Waals surface area contributed by atoms with Gasteiger partial charge in [-0.05, 0) is 30.3 Å². The first-order valence-electron chi connectivity index (χ1n) is 17.7. The lowest BCUT2D eigenvalue weighted by Crippen LogP contribution is -2.15. The lowest BCUT2D eigenvalue weighted by Gasteiger charge is -2.07. The first kappa shape index (κ1) is 41.7. The SMILES string of the molecule is Cl.Nc1cnc(-c2cc(-c3ccon3)n(Cc3cccc(F)c3F)n2)nc1N.Nc1nc(-c2cc(-c3ccon3)n(Cc3cccc(F)c3F)n2)ncc1NC(=O)c1ccn[nH]1. The summed E-state index contributed by atoms with van der Waals surface area (Å²) in [4.78, 5) is 28.9. The Hall–Kier alpha value is -8.47. The van der Waals surface area contributed by atoms with Gasteiger partial charge in [-0.25, -0.2) is 37.5 Å². The van der Waals surface area contributed by atoms with Crippen LogP contribution in [-0.2, 0) is 13.1 Å². The number of nitrogen functional groups attached to an aromatic ring is 3. The molecule has 7 heterocycles. The second kappa shape index (κ2) is 17.8. The average molecular weight is 869 g/mol. The topological polar surface area (TPSA) is 275 Å². The molecule has 24 heteroatoms. The number of nitrogens with one attached hydrogen (secondary N) is 2. The average Bonchev–Trinajstić information content (AvgIpc) is 4.11. The van der Waals surface area contributed by atoms with Crippen molar-refractivity contribution >= 4 is 41.3 Å². The van der Waals surface area contributed by atoms with Crippen molar-refractivity contribution in [3.05, 3.63) is 138 Å². The number of nitrogens with two attached hydrogens (primary N) is 3. The highest BCUT2D eigenvalue weighted by atomic mass is 35.5. The smallest absolute Gasteiger partial charge is 0.273 e. The van der Waals surface area contributed by atoms with Crippen molar-refractivity contribution in [1.82, 2.24) is 60.0 Å². The number of hydrogen-bond donors (Lipinski definition) is 5. The molecular weight excluding hydrogens is 840 g/mol. The van der Waals surface area contributed by atoms with E-state index < -0.39 is 29.2 Å². The van der Waals surface area contributed by atoms with Crippen LogP contribution in [0.4, 0.5) is 40.6 Å². The summed E-state index contributed by atoms with van der Waals surface area (Å²) in [6, 6.07) is 15.9. The van der Waals surface area contributed by atoms with Crippen LogP contribution in [-0.4, -0.2) is 65.9 Å². The number of nitrogens with zero attached hydrogens (tertiary/aromatic N) is 11. The Kier molecular flexibility index (Phi) is 12.0. The molecule has 19 nitrogen and oxygen atoms in total. The molecule has 0 aliphatic heterocycles. The molecule has 0 aliphatic carbocycles. The summed E-state index contributed by atoms with van der Waals surface area (Å²) in [5.41, 5.74) is 20.8. The van der Waals surface area contributed by atoms with E-state index in [1.807, 2.05) is 0 Å². The van der Waals surface area contributed by atoms with Crippen LogP contribution in [0.2, 0.25) is 0 Å². The van der Waals surface area contributed by atoms with Gasteiger partial charge in [0.25, 0.3) is 5.91 Å². The lowest BCUT2D eigenvalue weighted by molar-refractivity contribution is 0.102. The summed E-state index contributed by atoms with van der Waals surface area (Å²) < 4.78 is 68.2. The number of carbonyl (C=O) groups is 1. The molecular formula is C38H29ClF4N16O3. The van der Waals surface area contributed by atoms with Gasteiger partial charge in [-0.3, -0.25) is 19.3 Å². The summed E-state index contributed by atoms with van der Waals surface area (Å²) in [7, 11) is 0. The second-order valence-electron chi connectivity index (χ2n) is 12.8. The molecule has 0 aliphatic rings. The molecule has 9 rings (SSSR count). The van der Waals surface area contributed by atoms with E-state index in [9.17, 15) is 22.4 Å². The maximum Gasteiger partial charge on any atom is 0.273 e. The quantitative estimate of drug-likeness (QED) is 0.102. The van der Waals surface area contributed by atoms with Gasteiger partial charge in [-0.2, -0.15) is 15.3 Å². The highest BCUT2D eigenvalue weighted by Gasteiger charge is 2.21. The number of anilines is 4. The van der Waals surface area contributed by atoms with Crippen LogP contribution >= 0.6 is 12.4 Å². The molecule has 1 amide bonds. The van der Waals surface area contributed by atoms with E-state index in [0.29, 0.717) is 34.2 Å². The Morgan fingerprint density at radius 3 is 1.69 bits per heavy atom. The molecule has 0 atom stereocenters. The number of halogens is 5. The number of benzene rings is 2. The van der Waals surface area contributed by atoms with Gasteiger partial charge >= 0.3 is 0 Å². The first-order chi connectivity index (χ1) is 29.5. The maximum absolute atomic E-state index is 14.3. The van der Waals surface area contributed by atoms with Gasteiger partial charge in [0.15, 0.2) is 46.6 Å². The lowest BCUT2D eigenvalue weighted by atomic mass is 10.2. The van der Waals surface area contributed by atoms with Gasteiger partial charge in [0.05, 0.1) is 42.6 Å². The summed E-state index contributed by atoms with van der Waals surface area (Å²) in [5, 5.41) is 25.5. The van der Waals surface area contributed by atoms with E-state index in [1.54, 1.807) is 24.3 Å². The zero-order chi connectivity index (χ0) is 42.6. The normalized spacial score (nSPS) is 10.8. The van der Waals surface area contributed by atoms with Crippen molar-refractivity contribution in [2.24, 2.45) is 0 Å². The first-order valence-corrected chi connectivity index (χ1v) is 17.7. The van der Waals surface area contributed by atoms with Crippen molar-refractivity contribution in [3.63, 3.8) is 0 Å². The minimum Gasteiger partial charge on any atom is -0.394 e. The second-order valence-corrected chi connectivity index (χ2v) is 12.8. The fraction of sp³-hybridized carbons (Fsp3) is 0.0526. The molecule has 0 saturated carbocycles. The molecule has 8 N–H and O–H groups in total. The molecule has 0 radical (unpaired) electrons. The molecule has 7 aromatic heterocycles. The van der Waals surface area contributed by atoms with Crippen LogP contribution in [0.15, 0.2) is 107 Å². The predicted octanol–water partition coefficient (Wildman–Crippen LogP) is 5.79. The van der Waals surface area contributed by atoms with Gasteiger partial charge in [-0.1, -0.05) is 34.6 Å². The minimum absolute atomic E-state index is 0. The van der Waals surface area contributed by atoms with E-state index >= 15 is 0 Å². The molecule has 62 heavy (non-hydrogen) atoms. The van der Waals surface area contributed by atoms with E-state index in [1.165, 1.54) is 70.8 Å². The summed E-state index contributed by atoms with van der Waals surface area (Å²) in [6.07, 6.45) is 6.93. The van der Waals surface area contributed by atoms with Crippen LogP contribution in [0.3, 0.4) is 0 Å². The molecule has 314 valence electrons. The Labute approximate surface area is 351 Å². The Morgan fingerprint density at radius 2 is 1.23 bits per heavy atom. The zero-order valence-corrected chi connectivity index (χ0v) is 32.3. The minimum atomic E-state index is -0.969. The zero-order valence-electron chi connectivity index (χ0n) is 31.4. The summed E-state index contributed by atoms with van der Waals surface area (Å²) in [5.74, 6) is -3.74. The third-order valence-corrected chi connectivity index (χ3v) is 8.78. The highest BCUT2D eigenvalue weighted by Crippen LogP contribution is 2.28. The van der Waals surface area contributed by atoms with Crippen molar-refractivity contribution in [2.75, 3.05) is 22.5 Å². The fourth-order valence-electron chi connectivity index (χ4n) is 5.77. The van der Waals surface area contributed by atoms with E-state index in [2.05, 4.69) is 56.0 Å². The van der Waals surface area contributed by atoms with Crippen LogP contribution in [0.5, 0.6) is 0 Å². The van der Waals surface area contributed by atoms with Crippen LogP contribution < -0.4 is 22.5 Å². The molecule has 0 spiro atoms. The fourth-order valence-corrected chi connectivity index (χ4v) is 5.77. The molecule has 0 fully saturated rings. The number of aromatic nitrogens is 12. The van der Waals surface area contributed by atoms with Crippen LogP contribution in [0.1, 0.15) is 21.6 Å². The van der Waals surface area contributed by atoms with Crippen molar-refractivity contribution < 1.29 is 31.4 Å².